The molecule has 0 radical (unpaired) electrons. The predicted octanol–water partition coefficient (Wildman–Crippen LogP) is 4.07. The average Bonchev–Trinajstić information content (AvgIpc) is 2.51. The van der Waals surface area contributed by atoms with Gasteiger partial charge in [0.25, 0.3) is 0 Å². The molecule has 0 aromatic heterocycles. The van der Waals surface area contributed by atoms with Crippen molar-refractivity contribution >= 4 is 15.9 Å². The van der Waals surface area contributed by atoms with Gasteiger partial charge in [-0.2, -0.15) is 0 Å². The third-order valence-corrected chi connectivity index (χ3v) is 4.94. The summed E-state index contributed by atoms with van der Waals surface area (Å²) in [5.74, 6) is 0.403. The van der Waals surface area contributed by atoms with Gasteiger partial charge in [-0.05, 0) is 50.6 Å². The zero-order valence-electron chi connectivity index (χ0n) is 13.1. The Hall–Kier alpha value is -0.580. The van der Waals surface area contributed by atoms with Crippen molar-refractivity contribution in [3.05, 3.63) is 28.2 Å². The molecule has 118 valence electrons. The molecule has 4 heteroatoms. The van der Waals surface area contributed by atoms with E-state index in [1.54, 1.807) is 6.07 Å². The number of benzene rings is 1. The van der Waals surface area contributed by atoms with Gasteiger partial charge in [0.15, 0.2) is 0 Å². The number of hydrogen-bond donors (Lipinski definition) is 2. The van der Waals surface area contributed by atoms with Crippen LogP contribution in [0.2, 0.25) is 0 Å². The van der Waals surface area contributed by atoms with Gasteiger partial charge in [0.05, 0.1) is 0 Å². The molecule has 2 N–H and O–H groups in total. The van der Waals surface area contributed by atoms with Crippen LogP contribution >= 0.6 is 15.9 Å². The minimum atomic E-state index is 0.274. The molecule has 1 aliphatic rings. The number of piperidine rings is 1. The molecule has 0 spiro atoms. The summed E-state index contributed by atoms with van der Waals surface area (Å²) >= 11 is 3.52. The highest BCUT2D eigenvalue weighted by molar-refractivity contribution is 9.10. The second-order valence-corrected chi connectivity index (χ2v) is 6.78. The Balaban J connectivity index is 2.14. The number of likely N-dealkylation sites (N-methyl/N-ethyl adjacent to an activating group) is 1. The molecular formula is C17H27BrN2O. The van der Waals surface area contributed by atoms with Crippen molar-refractivity contribution in [2.24, 2.45) is 0 Å². The Morgan fingerprint density at radius 1 is 1.38 bits per heavy atom. The predicted molar refractivity (Wildman–Crippen MR) is 91.7 cm³/mol. The Bertz CT molecular complexity index is 446. The van der Waals surface area contributed by atoms with E-state index in [0.717, 1.165) is 36.1 Å². The smallest absolute Gasteiger partial charge is 0.120 e. The van der Waals surface area contributed by atoms with Crippen molar-refractivity contribution in [2.75, 3.05) is 19.6 Å². The summed E-state index contributed by atoms with van der Waals surface area (Å²) < 4.78 is 1.03. The average molecular weight is 355 g/mol. The van der Waals surface area contributed by atoms with Crippen LogP contribution in [-0.4, -0.2) is 35.7 Å². The van der Waals surface area contributed by atoms with Crippen LogP contribution in [-0.2, 0) is 0 Å². The molecule has 2 unspecified atom stereocenters. The SMILES string of the molecule is CCC(c1cc(Br)ccc1O)N(CC)CC1CCCCN1. The van der Waals surface area contributed by atoms with Gasteiger partial charge in [0.1, 0.15) is 5.75 Å². The van der Waals surface area contributed by atoms with Crippen molar-refractivity contribution in [3.63, 3.8) is 0 Å². The standard InChI is InChI=1S/C17H27BrN2O/c1-3-16(15-11-13(18)8-9-17(15)21)20(4-2)12-14-7-5-6-10-19-14/h8-9,11,14,16,19,21H,3-7,10,12H2,1-2H3. The number of rotatable bonds is 6. The first-order valence-electron chi connectivity index (χ1n) is 8.11. The molecule has 2 atom stereocenters. The highest BCUT2D eigenvalue weighted by Crippen LogP contribution is 2.33. The second-order valence-electron chi connectivity index (χ2n) is 5.86. The molecule has 21 heavy (non-hydrogen) atoms. The highest BCUT2D eigenvalue weighted by atomic mass is 79.9. The second kappa shape index (κ2) is 8.16. The van der Waals surface area contributed by atoms with Crippen LogP contribution in [0.25, 0.3) is 0 Å². The lowest BCUT2D eigenvalue weighted by molar-refractivity contribution is 0.167. The van der Waals surface area contributed by atoms with E-state index in [0.29, 0.717) is 11.8 Å². The van der Waals surface area contributed by atoms with Crippen LogP contribution in [0.4, 0.5) is 0 Å². The van der Waals surface area contributed by atoms with Crippen LogP contribution in [0.15, 0.2) is 22.7 Å². The fraction of sp³-hybridized carbons (Fsp3) is 0.647. The summed E-state index contributed by atoms with van der Waals surface area (Å²) in [5.41, 5.74) is 1.03. The number of phenolic OH excluding ortho intramolecular Hbond substituents is 1. The van der Waals surface area contributed by atoms with Crippen LogP contribution < -0.4 is 5.32 Å². The summed E-state index contributed by atoms with van der Waals surface area (Å²) in [6.07, 6.45) is 4.89. The van der Waals surface area contributed by atoms with Gasteiger partial charge in [-0.25, -0.2) is 0 Å². The van der Waals surface area contributed by atoms with E-state index in [-0.39, 0.29) is 6.04 Å². The number of nitrogens with one attached hydrogen (secondary N) is 1. The first kappa shape index (κ1) is 16.8. The Morgan fingerprint density at radius 2 is 2.19 bits per heavy atom. The minimum absolute atomic E-state index is 0.274. The topological polar surface area (TPSA) is 35.5 Å². The van der Waals surface area contributed by atoms with Gasteiger partial charge in [0.2, 0.25) is 0 Å². The molecule has 0 amide bonds. The fourth-order valence-electron chi connectivity index (χ4n) is 3.31. The Kier molecular flexibility index (Phi) is 6.52. The Labute approximate surface area is 136 Å². The van der Waals surface area contributed by atoms with E-state index in [2.05, 4.69) is 46.1 Å². The molecule has 1 aromatic rings. The molecule has 1 aromatic carbocycles. The molecule has 0 aliphatic carbocycles. The van der Waals surface area contributed by atoms with Crippen molar-refractivity contribution < 1.29 is 5.11 Å². The van der Waals surface area contributed by atoms with Crippen molar-refractivity contribution in [3.8, 4) is 5.75 Å². The largest absolute Gasteiger partial charge is 0.508 e. The summed E-state index contributed by atoms with van der Waals surface area (Å²) in [6, 6.07) is 6.60. The summed E-state index contributed by atoms with van der Waals surface area (Å²) in [6.45, 7) is 7.60. The summed E-state index contributed by atoms with van der Waals surface area (Å²) in [5, 5.41) is 13.9. The number of phenols is 1. The summed E-state index contributed by atoms with van der Waals surface area (Å²) in [4.78, 5) is 2.49. The Morgan fingerprint density at radius 3 is 2.81 bits per heavy atom. The van der Waals surface area contributed by atoms with E-state index in [9.17, 15) is 5.11 Å². The van der Waals surface area contributed by atoms with Gasteiger partial charge in [-0.3, -0.25) is 4.90 Å². The molecule has 3 nitrogen and oxygen atoms in total. The third kappa shape index (κ3) is 4.44. The molecule has 1 aliphatic heterocycles. The third-order valence-electron chi connectivity index (χ3n) is 4.45. The van der Waals surface area contributed by atoms with Crippen molar-refractivity contribution in [2.45, 2.75) is 51.6 Å². The number of nitrogens with zero attached hydrogens (tertiary/aromatic N) is 1. The first-order chi connectivity index (χ1) is 10.2. The normalized spacial score (nSPS) is 20.7. The molecule has 0 bridgehead atoms. The zero-order chi connectivity index (χ0) is 15.2. The maximum absolute atomic E-state index is 10.2. The number of halogens is 1. The van der Waals surface area contributed by atoms with Crippen LogP contribution in [0.3, 0.4) is 0 Å². The molecular weight excluding hydrogens is 328 g/mol. The van der Waals surface area contributed by atoms with Crippen molar-refractivity contribution in [1.82, 2.24) is 10.2 Å². The van der Waals surface area contributed by atoms with Gasteiger partial charge in [0, 0.05) is 28.7 Å². The number of hydrogen-bond acceptors (Lipinski definition) is 3. The molecule has 1 saturated heterocycles. The van der Waals surface area contributed by atoms with E-state index in [4.69, 9.17) is 0 Å². The van der Waals surface area contributed by atoms with E-state index < -0.39 is 0 Å². The van der Waals surface area contributed by atoms with E-state index in [1.165, 1.54) is 19.3 Å². The number of aromatic hydroxyl groups is 1. The van der Waals surface area contributed by atoms with Gasteiger partial charge < -0.3 is 10.4 Å². The van der Waals surface area contributed by atoms with Gasteiger partial charge in [-0.15, -0.1) is 0 Å². The molecule has 2 rings (SSSR count). The molecule has 1 fully saturated rings. The molecule has 1 heterocycles. The van der Waals surface area contributed by atoms with Crippen LogP contribution in [0.1, 0.15) is 51.1 Å². The van der Waals surface area contributed by atoms with Gasteiger partial charge in [-0.1, -0.05) is 36.2 Å². The lowest BCUT2D eigenvalue weighted by Gasteiger charge is -2.35. The maximum Gasteiger partial charge on any atom is 0.120 e. The zero-order valence-corrected chi connectivity index (χ0v) is 14.7. The molecule has 0 saturated carbocycles. The van der Waals surface area contributed by atoms with Crippen LogP contribution in [0, 0.1) is 0 Å². The summed E-state index contributed by atoms with van der Waals surface area (Å²) in [7, 11) is 0. The van der Waals surface area contributed by atoms with Crippen LogP contribution in [0.5, 0.6) is 5.75 Å². The quantitative estimate of drug-likeness (QED) is 0.808. The highest BCUT2D eigenvalue weighted by Gasteiger charge is 2.24. The first-order valence-corrected chi connectivity index (χ1v) is 8.90. The minimum Gasteiger partial charge on any atom is -0.508 e. The monoisotopic (exact) mass is 354 g/mol. The lowest BCUT2D eigenvalue weighted by atomic mass is 9.99. The van der Waals surface area contributed by atoms with Gasteiger partial charge >= 0.3 is 0 Å². The maximum atomic E-state index is 10.2. The lowest BCUT2D eigenvalue weighted by Crippen LogP contribution is -2.44. The van der Waals surface area contributed by atoms with Crippen molar-refractivity contribution in [1.29, 1.82) is 0 Å². The van der Waals surface area contributed by atoms with E-state index >= 15 is 0 Å². The fourth-order valence-corrected chi connectivity index (χ4v) is 3.69. The van der Waals surface area contributed by atoms with E-state index in [1.807, 2.05) is 6.07 Å².